The normalized spacial score (nSPS) is 27.4. The number of hydrogen-bond acceptors (Lipinski definition) is 4. The zero-order valence-electron chi connectivity index (χ0n) is 11.8. The summed E-state index contributed by atoms with van der Waals surface area (Å²) in [5, 5.41) is 11.0. The van der Waals surface area contributed by atoms with Gasteiger partial charge in [0, 0.05) is 7.05 Å². The van der Waals surface area contributed by atoms with Crippen LogP contribution >= 0.6 is 0 Å². The number of imide groups is 1. The third kappa shape index (κ3) is 1.97. The molecule has 3 amide bonds. The first-order chi connectivity index (χ1) is 9.50. The number of nitrogens with zero attached hydrogens (tertiary/aromatic N) is 4. The Hall–Kier alpha value is -1.92. The molecule has 0 aromatic carbocycles. The lowest BCUT2D eigenvalue weighted by Gasteiger charge is -2.28. The number of nitrogens with one attached hydrogen (secondary N) is 1. The van der Waals surface area contributed by atoms with Gasteiger partial charge in [0.25, 0.3) is 5.91 Å². The van der Waals surface area contributed by atoms with Crippen LogP contribution in [0.15, 0.2) is 6.20 Å². The van der Waals surface area contributed by atoms with Crippen LogP contribution in [0.4, 0.5) is 4.79 Å². The summed E-state index contributed by atoms with van der Waals surface area (Å²) in [5.41, 5.74) is -0.137. The lowest BCUT2D eigenvalue weighted by molar-refractivity contribution is -0.133. The maximum Gasteiger partial charge on any atom is 0.325 e. The molecule has 1 aromatic rings. The minimum absolute atomic E-state index is 0.139. The molecular weight excluding hydrogens is 258 g/mol. The van der Waals surface area contributed by atoms with Crippen molar-refractivity contribution in [3.05, 3.63) is 11.9 Å². The van der Waals surface area contributed by atoms with E-state index in [1.54, 1.807) is 13.2 Å². The van der Waals surface area contributed by atoms with Crippen molar-refractivity contribution in [3.63, 3.8) is 0 Å². The van der Waals surface area contributed by atoms with Crippen molar-refractivity contribution in [2.45, 2.75) is 44.7 Å². The maximum atomic E-state index is 12.6. The van der Waals surface area contributed by atoms with E-state index in [0.29, 0.717) is 5.69 Å². The van der Waals surface area contributed by atoms with E-state index in [-0.39, 0.29) is 24.4 Å². The molecule has 1 saturated heterocycles. The van der Waals surface area contributed by atoms with Crippen molar-refractivity contribution in [2.24, 2.45) is 13.0 Å². The topological polar surface area (TPSA) is 80.1 Å². The van der Waals surface area contributed by atoms with Gasteiger partial charge < -0.3 is 5.32 Å². The summed E-state index contributed by atoms with van der Waals surface area (Å²) in [5.74, 6) is 0.103. The predicted molar refractivity (Wildman–Crippen MR) is 70.4 cm³/mol. The second-order valence-corrected chi connectivity index (χ2v) is 5.83. The van der Waals surface area contributed by atoms with Crippen LogP contribution < -0.4 is 5.32 Å². The van der Waals surface area contributed by atoms with Gasteiger partial charge in [0.2, 0.25) is 0 Å². The summed E-state index contributed by atoms with van der Waals surface area (Å²) in [6, 6.07) is -0.324. The van der Waals surface area contributed by atoms with E-state index < -0.39 is 5.54 Å². The Morgan fingerprint density at radius 2 is 2.10 bits per heavy atom. The largest absolute Gasteiger partial charge is 0.325 e. The molecule has 2 heterocycles. The van der Waals surface area contributed by atoms with Gasteiger partial charge in [-0.2, -0.15) is 15.0 Å². The van der Waals surface area contributed by atoms with Gasteiger partial charge in [0.05, 0.1) is 12.7 Å². The zero-order chi connectivity index (χ0) is 14.3. The molecule has 2 aliphatic rings. The molecule has 0 spiro atoms. The molecular formula is C13H19N5O2. The van der Waals surface area contributed by atoms with Gasteiger partial charge in [-0.25, -0.2) is 4.79 Å². The summed E-state index contributed by atoms with van der Waals surface area (Å²) >= 11 is 0. The van der Waals surface area contributed by atoms with Crippen molar-refractivity contribution < 1.29 is 9.59 Å². The Morgan fingerprint density at radius 3 is 2.70 bits per heavy atom. The minimum atomic E-state index is -0.754. The zero-order valence-corrected chi connectivity index (χ0v) is 11.8. The number of carbonyl (C=O) groups is 2. The Balaban J connectivity index is 1.79. The Labute approximate surface area is 117 Å². The second-order valence-electron chi connectivity index (χ2n) is 5.83. The Bertz CT molecular complexity index is 549. The average Bonchev–Trinajstić information content (AvgIpc) is 3.09. The third-order valence-corrected chi connectivity index (χ3v) is 4.44. The predicted octanol–water partition coefficient (Wildman–Crippen LogP) is 0.816. The third-order valence-electron chi connectivity index (χ3n) is 4.44. The Morgan fingerprint density at radius 1 is 1.40 bits per heavy atom. The minimum Gasteiger partial charge on any atom is -0.323 e. The highest BCUT2D eigenvalue weighted by molar-refractivity contribution is 6.06. The van der Waals surface area contributed by atoms with Crippen molar-refractivity contribution in [1.29, 1.82) is 0 Å². The van der Waals surface area contributed by atoms with Crippen LogP contribution in [-0.2, 0) is 18.4 Å². The van der Waals surface area contributed by atoms with Crippen LogP contribution in [0.2, 0.25) is 0 Å². The van der Waals surface area contributed by atoms with E-state index >= 15 is 0 Å². The number of carbonyl (C=O) groups excluding carboxylic acids is 2. The molecule has 20 heavy (non-hydrogen) atoms. The van der Waals surface area contributed by atoms with Gasteiger partial charge in [0.15, 0.2) is 0 Å². The number of hydrogen-bond donors (Lipinski definition) is 1. The monoisotopic (exact) mass is 277 g/mol. The van der Waals surface area contributed by atoms with Crippen molar-refractivity contribution in [3.8, 4) is 0 Å². The number of rotatable bonds is 3. The smallest absolute Gasteiger partial charge is 0.323 e. The lowest BCUT2D eigenvalue weighted by Crippen LogP contribution is -2.49. The van der Waals surface area contributed by atoms with Crippen LogP contribution in [0.3, 0.4) is 0 Å². The Kier molecular flexibility index (Phi) is 2.99. The average molecular weight is 277 g/mol. The summed E-state index contributed by atoms with van der Waals surface area (Å²) in [4.78, 5) is 27.4. The van der Waals surface area contributed by atoms with Crippen molar-refractivity contribution in [1.82, 2.24) is 25.2 Å². The fraction of sp³-hybridized carbons (Fsp3) is 0.692. The molecule has 1 unspecified atom stereocenters. The van der Waals surface area contributed by atoms with Gasteiger partial charge in [0.1, 0.15) is 11.2 Å². The van der Waals surface area contributed by atoms with E-state index in [9.17, 15) is 9.59 Å². The molecule has 1 aromatic heterocycles. The van der Waals surface area contributed by atoms with Crippen LogP contribution in [0.25, 0.3) is 0 Å². The van der Waals surface area contributed by atoms with Crippen LogP contribution in [0.1, 0.15) is 38.3 Å². The molecule has 1 aliphatic carbocycles. The van der Waals surface area contributed by atoms with E-state index in [1.165, 1.54) is 9.70 Å². The first-order valence-corrected chi connectivity index (χ1v) is 7.00. The quantitative estimate of drug-likeness (QED) is 0.829. The van der Waals surface area contributed by atoms with E-state index in [0.717, 1.165) is 25.7 Å². The first kappa shape index (κ1) is 13.1. The molecule has 1 saturated carbocycles. The van der Waals surface area contributed by atoms with Crippen molar-refractivity contribution >= 4 is 11.9 Å². The van der Waals surface area contributed by atoms with Gasteiger partial charge in [-0.1, -0.05) is 12.8 Å². The number of aromatic nitrogens is 3. The molecule has 1 aliphatic heterocycles. The van der Waals surface area contributed by atoms with Gasteiger partial charge in [-0.3, -0.25) is 9.69 Å². The van der Waals surface area contributed by atoms with Crippen LogP contribution in [0.5, 0.6) is 0 Å². The lowest BCUT2D eigenvalue weighted by atomic mass is 9.84. The molecule has 3 rings (SSSR count). The van der Waals surface area contributed by atoms with Gasteiger partial charge in [-0.05, 0) is 25.7 Å². The van der Waals surface area contributed by atoms with Crippen molar-refractivity contribution in [2.75, 3.05) is 0 Å². The maximum absolute atomic E-state index is 12.6. The molecule has 7 heteroatoms. The molecule has 1 N–H and O–H groups in total. The number of urea groups is 1. The fourth-order valence-corrected chi connectivity index (χ4v) is 3.26. The molecule has 1 atom stereocenters. The molecule has 7 nitrogen and oxygen atoms in total. The SMILES string of the molecule is Cn1ncc(CN2C(=O)NC(C)(C3CCCC3)C2=O)n1. The van der Waals surface area contributed by atoms with E-state index in [1.807, 2.05) is 6.92 Å². The second kappa shape index (κ2) is 4.57. The fourth-order valence-electron chi connectivity index (χ4n) is 3.26. The highest BCUT2D eigenvalue weighted by Gasteiger charge is 2.52. The summed E-state index contributed by atoms with van der Waals surface area (Å²) in [6.07, 6.45) is 5.84. The highest BCUT2D eigenvalue weighted by atomic mass is 16.2. The van der Waals surface area contributed by atoms with Crippen LogP contribution in [0, 0.1) is 5.92 Å². The summed E-state index contributed by atoms with van der Waals surface area (Å²) < 4.78 is 0. The molecule has 2 fully saturated rings. The number of amides is 3. The molecule has 108 valence electrons. The van der Waals surface area contributed by atoms with E-state index in [4.69, 9.17) is 0 Å². The standard InChI is InChI=1S/C13H19N5O2/c1-13(9-5-3-4-6-9)11(19)18(12(20)15-13)8-10-7-14-17(2)16-10/h7,9H,3-6,8H2,1-2H3,(H,15,20). The van der Waals surface area contributed by atoms with Crippen LogP contribution in [-0.4, -0.2) is 37.4 Å². The van der Waals surface area contributed by atoms with E-state index in [2.05, 4.69) is 15.5 Å². The molecule has 0 bridgehead atoms. The first-order valence-electron chi connectivity index (χ1n) is 7.00. The summed E-state index contributed by atoms with van der Waals surface area (Å²) in [6.45, 7) is 2.03. The summed E-state index contributed by atoms with van der Waals surface area (Å²) in [7, 11) is 1.71. The number of aryl methyl sites for hydroxylation is 1. The molecule has 0 radical (unpaired) electrons. The van der Waals surface area contributed by atoms with Gasteiger partial charge in [-0.15, -0.1) is 0 Å². The highest BCUT2D eigenvalue weighted by Crippen LogP contribution is 2.37. The van der Waals surface area contributed by atoms with Gasteiger partial charge >= 0.3 is 6.03 Å².